The average Bonchev–Trinajstić information content (AvgIpc) is 3.01. The first kappa shape index (κ1) is 20.7. The molecule has 0 fully saturated rings. The number of hydrogen-bond donors (Lipinski definition) is 1. The van der Waals surface area contributed by atoms with Gasteiger partial charge in [-0.25, -0.2) is 0 Å². The Kier molecular flexibility index (Phi) is 6.30. The van der Waals surface area contributed by atoms with Crippen molar-refractivity contribution in [3.8, 4) is 5.75 Å². The molecule has 2 nitrogen and oxygen atoms in total. The van der Waals surface area contributed by atoms with Gasteiger partial charge in [0.05, 0.1) is 13.2 Å². The molecule has 0 heterocycles. The highest BCUT2D eigenvalue weighted by molar-refractivity contribution is 5.60. The lowest BCUT2D eigenvalue weighted by Gasteiger charge is -2.34. The van der Waals surface area contributed by atoms with E-state index in [2.05, 4.69) is 52.0 Å². The molecule has 0 saturated carbocycles. The molecule has 0 radical (unpaired) electrons. The molecule has 150 valence electrons. The number of benzene rings is 1. The molecule has 2 aliphatic rings. The van der Waals surface area contributed by atoms with E-state index in [0.717, 1.165) is 37.0 Å². The lowest BCUT2D eigenvalue weighted by atomic mass is 9.70. The van der Waals surface area contributed by atoms with Gasteiger partial charge in [0.2, 0.25) is 0 Å². The fourth-order valence-electron chi connectivity index (χ4n) is 5.19. The zero-order chi connectivity index (χ0) is 20.3. The van der Waals surface area contributed by atoms with Crippen molar-refractivity contribution in [3.63, 3.8) is 0 Å². The summed E-state index contributed by atoms with van der Waals surface area (Å²) < 4.78 is 5.23. The van der Waals surface area contributed by atoms with Crippen LogP contribution >= 0.6 is 0 Å². The number of methoxy groups -OCH3 is 1. The summed E-state index contributed by atoms with van der Waals surface area (Å²) >= 11 is 0. The van der Waals surface area contributed by atoms with Crippen molar-refractivity contribution < 1.29 is 9.84 Å². The molecule has 1 N–H and O–H groups in total. The summed E-state index contributed by atoms with van der Waals surface area (Å²) in [6, 6.07) is 7.71. The molecule has 1 aromatic carbocycles. The molecule has 0 aliphatic heterocycles. The largest absolute Gasteiger partial charge is 0.497 e. The van der Waals surface area contributed by atoms with E-state index in [1.165, 1.54) is 0 Å². The second-order valence-electron chi connectivity index (χ2n) is 7.71. The third-order valence-corrected chi connectivity index (χ3v) is 6.49. The Labute approximate surface area is 170 Å². The highest BCUT2D eigenvalue weighted by atomic mass is 16.5. The quantitative estimate of drug-likeness (QED) is 0.535. The van der Waals surface area contributed by atoms with Gasteiger partial charge in [0, 0.05) is 11.3 Å². The second-order valence-corrected chi connectivity index (χ2v) is 7.71. The van der Waals surface area contributed by atoms with Gasteiger partial charge >= 0.3 is 0 Å². The van der Waals surface area contributed by atoms with E-state index >= 15 is 0 Å². The Bertz CT molecular complexity index is 776. The lowest BCUT2D eigenvalue weighted by molar-refractivity contribution is 0.149. The van der Waals surface area contributed by atoms with Crippen molar-refractivity contribution in [1.29, 1.82) is 0 Å². The summed E-state index contributed by atoms with van der Waals surface area (Å²) in [7, 11) is 1.66. The molecule has 3 rings (SSSR count). The topological polar surface area (TPSA) is 29.5 Å². The van der Waals surface area contributed by atoms with Crippen LogP contribution in [0.5, 0.6) is 5.75 Å². The normalized spacial score (nSPS) is 19.8. The van der Waals surface area contributed by atoms with Crippen molar-refractivity contribution in [2.75, 3.05) is 7.11 Å². The number of allylic oxidation sites excluding steroid dienone is 6. The summed E-state index contributed by atoms with van der Waals surface area (Å²) in [5.74, 6) is 0.802. The highest BCUT2D eigenvalue weighted by Gasteiger charge is 2.42. The van der Waals surface area contributed by atoms with E-state index < -0.39 is 6.10 Å². The lowest BCUT2D eigenvalue weighted by Crippen LogP contribution is -2.23. The van der Waals surface area contributed by atoms with E-state index in [4.69, 9.17) is 4.74 Å². The predicted octanol–water partition coefficient (Wildman–Crippen LogP) is 6.70. The van der Waals surface area contributed by atoms with Crippen molar-refractivity contribution in [2.24, 2.45) is 11.3 Å². The fourth-order valence-corrected chi connectivity index (χ4v) is 5.19. The SMILES string of the molecule is CCC1=C(CC)C2(C=CC(C(O)c3ccc(OC)cc3)C=C2)C(CC)=C1CC. The van der Waals surface area contributed by atoms with Gasteiger partial charge in [-0.2, -0.15) is 0 Å². The van der Waals surface area contributed by atoms with E-state index in [9.17, 15) is 5.11 Å². The number of aliphatic hydroxyl groups is 1. The van der Waals surface area contributed by atoms with Crippen molar-refractivity contribution in [3.05, 3.63) is 76.4 Å². The molecule has 2 heteroatoms. The summed E-state index contributed by atoms with van der Waals surface area (Å²) in [6.45, 7) is 9.11. The molecule has 28 heavy (non-hydrogen) atoms. The van der Waals surface area contributed by atoms with Crippen LogP contribution in [0.1, 0.15) is 65.0 Å². The van der Waals surface area contributed by atoms with Crippen molar-refractivity contribution in [1.82, 2.24) is 0 Å². The highest BCUT2D eigenvalue weighted by Crippen LogP contribution is 2.55. The number of aliphatic hydroxyl groups excluding tert-OH is 1. The van der Waals surface area contributed by atoms with E-state index in [-0.39, 0.29) is 11.3 Å². The standard InChI is InChI=1S/C26H34O2/c1-6-21-22(7-2)24(9-4)26(23(21)8-3)16-14-19(15-17-26)25(27)18-10-12-20(28-5)13-11-18/h10-17,19,25,27H,6-9H2,1-5H3. The van der Waals surface area contributed by atoms with Crippen LogP contribution in [-0.2, 0) is 0 Å². The predicted molar refractivity (Wildman–Crippen MR) is 117 cm³/mol. The molecule has 1 unspecified atom stereocenters. The molecule has 0 amide bonds. The van der Waals surface area contributed by atoms with Crippen molar-refractivity contribution >= 4 is 0 Å². The van der Waals surface area contributed by atoms with Gasteiger partial charge in [-0.3, -0.25) is 0 Å². The maximum absolute atomic E-state index is 10.9. The van der Waals surface area contributed by atoms with Gasteiger partial charge in [-0.05, 0) is 65.7 Å². The van der Waals surface area contributed by atoms with Gasteiger partial charge in [-0.15, -0.1) is 0 Å². The third-order valence-electron chi connectivity index (χ3n) is 6.49. The Hall–Kier alpha value is -2.06. The zero-order valence-electron chi connectivity index (χ0n) is 18.0. The van der Waals surface area contributed by atoms with Crippen LogP contribution in [0.2, 0.25) is 0 Å². The van der Waals surface area contributed by atoms with Crippen LogP contribution in [0, 0.1) is 11.3 Å². The van der Waals surface area contributed by atoms with E-state index in [1.54, 1.807) is 29.4 Å². The van der Waals surface area contributed by atoms with Gasteiger partial charge in [0.1, 0.15) is 5.75 Å². The summed E-state index contributed by atoms with van der Waals surface area (Å²) in [4.78, 5) is 0. The first-order valence-electron chi connectivity index (χ1n) is 10.7. The Balaban J connectivity index is 1.93. The van der Waals surface area contributed by atoms with Crippen LogP contribution in [0.15, 0.2) is 70.9 Å². The van der Waals surface area contributed by atoms with Crippen LogP contribution in [0.3, 0.4) is 0 Å². The number of hydrogen-bond acceptors (Lipinski definition) is 2. The summed E-state index contributed by atoms with van der Waals surface area (Å²) in [5.41, 5.74) is 7.07. The van der Waals surface area contributed by atoms with Gasteiger partial charge in [0.15, 0.2) is 0 Å². The zero-order valence-corrected chi connectivity index (χ0v) is 18.0. The average molecular weight is 379 g/mol. The first-order chi connectivity index (χ1) is 13.6. The van der Waals surface area contributed by atoms with E-state index in [1.807, 2.05) is 24.3 Å². The maximum Gasteiger partial charge on any atom is 0.118 e. The number of rotatable bonds is 7. The summed E-state index contributed by atoms with van der Waals surface area (Å²) in [6.07, 6.45) is 12.9. The smallest absolute Gasteiger partial charge is 0.118 e. The minimum absolute atomic E-state index is 0.00835. The molecule has 1 spiro atoms. The molecular weight excluding hydrogens is 344 g/mol. The first-order valence-corrected chi connectivity index (χ1v) is 10.7. The van der Waals surface area contributed by atoms with Gasteiger partial charge < -0.3 is 9.84 Å². The Morgan fingerprint density at radius 3 is 1.75 bits per heavy atom. The third kappa shape index (κ3) is 3.28. The minimum Gasteiger partial charge on any atom is -0.497 e. The second kappa shape index (κ2) is 8.53. The number of ether oxygens (including phenoxy) is 1. The molecule has 1 atom stereocenters. The summed E-state index contributed by atoms with van der Waals surface area (Å²) in [5, 5.41) is 10.9. The fraction of sp³-hybridized carbons (Fsp3) is 0.462. The van der Waals surface area contributed by atoms with Crippen LogP contribution < -0.4 is 4.74 Å². The monoisotopic (exact) mass is 378 g/mol. The van der Waals surface area contributed by atoms with Crippen molar-refractivity contribution in [2.45, 2.75) is 59.5 Å². The van der Waals surface area contributed by atoms with Gasteiger partial charge in [-0.1, -0.05) is 64.1 Å². The molecular formula is C26H34O2. The molecule has 1 aromatic rings. The Morgan fingerprint density at radius 1 is 0.857 bits per heavy atom. The van der Waals surface area contributed by atoms with Crippen LogP contribution in [-0.4, -0.2) is 12.2 Å². The molecule has 0 aromatic heterocycles. The Morgan fingerprint density at radius 2 is 1.36 bits per heavy atom. The van der Waals surface area contributed by atoms with E-state index in [0.29, 0.717) is 0 Å². The van der Waals surface area contributed by atoms with Crippen LogP contribution in [0.25, 0.3) is 0 Å². The van der Waals surface area contributed by atoms with Gasteiger partial charge in [0.25, 0.3) is 0 Å². The maximum atomic E-state index is 10.9. The minimum atomic E-state index is -0.545. The molecule has 0 bridgehead atoms. The molecule has 0 saturated heterocycles. The van der Waals surface area contributed by atoms with Crippen LogP contribution in [0.4, 0.5) is 0 Å². The molecule has 2 aliphatic carbocycles.